The van der Waals surface area contributed by atoms with E-state index in [0.29, 0.717) is 0 Å². The molecule has 0 fully saturated rings. The Balaban J connectivity index is 4.63. The van der Waals surface area contributed by atoms with Crippen molar-refractivity contribution in [3.05, 3.63) is 0 Å². The van der Waals surface area contributed by atoms with Crippen molar-refractivity contribution in [2.75, 3.05) is 12.3 Å². The molecule has 0 aliphatic rings. The Morgan fingerprint density at radius 2 is 2.00 bits per heavy atom. The molecule has 0 saturated heterocycles. The topological polar surface area (TPSA) is 72.5 Å². The van der Waals surface area contributed by atoms with Gasteiger partial charge in [-0.2, -0.15) is 4.72 Å². The van der Waals surface area contributed by atoms with E-state index >= 15 is 0 Å². The lowest BCUT2D eigenvalue weighted by Crippen LogP contribution is -2.45. The molecule has 1 N–H and O–H groups in total. The Labute approximate surface area is 88.8 Å². The predicted octanol–water partition coefficient (Wildman–Crippen LogP) is 0.300. The van der Waals surface area contributed by atoms with Gasteiger partial charge in [0, 0.05) is 0 Å². The summed E-state index contributed by atoms with van der Waals surface area (Å²) in [6, 6.07) is -0.885. The van der Waals surface area contributed by atoms with E-state index in [9.17, 15) is 13.2 Å². The van der Waals surface area contributed by atoms with Crippen molar-refractivity contribution in [1.29, 1.82) is 0 Å². The highest BCUT2D eigenvalue weighted by molar-refractivity contribution is 7.90. The predicted molar refractivity (Wildman–Crippen MR) is 53.4 cm³/mol. The number of ether oxygens (including phenoxy) is 1. The van der Waals surface area contributed by atoms with Crippen LogP contribution in [-0.2, 0) is 19.6 Å². The van der Waals surface area contributed by atoms with Gasteiger partial charge >= 0.3 is 5.97 Å². The Kier molecular flexibility index (Phi) is 5.40. The van der Waals surface area contributed by atoms with Crippen LogP contribution in [0.4, 0.5) is 0 Å². The van der Waals surface area contributed by atoms with Gasteiger partial charge in [-0.15, -0.1) is 11.6 Å². The van der Waals surface area contributed by atoms with Crippen molar-refractivity contribution in [1.82, 2.24) is 4.72 Å². The SMILES string of the molecule is COC(=O)C(NS(=O)(=O)CCl)C(C)C. The van der Waals surface area contributed by atoms with E-state index in [1.807, 2.05) is 0 Å². The van der Waals surface area contributed by atoms with Gasteiger partial charge in [-0.3, -0.25) is 4.79 Å². The molecule has 1 atom stereocenters. The molecule has 14 heavy (non-hydrogen) atoms. The largest absolute Gasteiger partial charge is 0.468 e. The number of sulfonamides is 1. The fraction of sp³-hybridized carbons (Fsp3) is 0.857. The minimum atomic E-state index is -3.60. The first-order valence-corrected chi connectivity index (χ1v) is 6.16. The van der Waals surface area contributed by atoms with E-state index in [4.69, 9.17) is 11.6 Å². The number of rotatable bonds is 5. The molecule has 0 spiro atoms. The van der Waals surface area contributed by atoms with Crippen LogP contribution in [-0.4, -0.2) is 32.8 Å². The average molecular weight is 244 g/mol. The number of halogens is 1. The van der Waals surface area contributed by atoms with Crippen molar-refractivity contribution in [2.24, 2.45) is 5.92 Å². The number of esters is 1. The number of hydrogen-bond donors (Lipinski definition) is 1. The zero-order chi connectivity index (χ0) is 11.4. The third-order valence-electron chi connectivity index (χ3n) is 1.57. The van der Waals surface area contributed by atoms with E-state index in [2.05, 4.69) is 9.46 Å². The van der Waals surface area contributed by atoms with Crippen molar-refractivity contribution >= 4 is 27.6 Å². The number of hydrogen-bond acceptors (Lipinski definition) is 4. The third-order valence-corrected chi connectivity index (χ3v) is 3.33. The number of carbonyl (C=O) groups excluding carboxylic acids is 1. The second-order valence-corrected chi connectivity index (χ2v) is 5.42. The molecule has 1 unspecified atom stereocenters. The first-order chi connectivity index (χ1) is 6.34. The zero-order valence-corrected chi connectivity index (χ0v) is 9.85. The van der Waals surface area contributed by atoms with Crippen LogP contribution in [0, 0.1) is 5.92 Å². The maximum Gasteiger partial charge on any atom is 0.324 e. The fourth-order valence-corrected chi connectivity index (χ4v) is 1.82. The number of nitrogens with one attached hydrogen (secondary N) is 1. The molecular weight excluding hydrogens is 230 g/mol. The van der Waals surface area contributed by atoms with Crippen LogP contribution in [0.5, 0.6) is 0 Å². The summed E-state index contributed by atoms with van der Waals surface area (Å²) in [5.74, 6) is -0.811. The summed E-state index contributed by atoms with van der Waals surface area (Å²) in [7, 11) is -2.40. The van der Waals surface area contributed by atoms with Crippen LogP contribution >= 0.6 is 11.6 Å². The highest BCUT2D eigenvalue weighted by Gasteiger charge is 2.27. The minimum absolute atomic E-state index is 0.194. The first kappa shape index (κ1) is 13.7. The molecular formula is C7H14ClNO4S. The molecule has 0 aromatic heterocycles. The lowest BCUT2D eigenvalue weighted by atomic mass is 10.1. The summed E-state index contributed by atoms with van der Waals surface area (Å²) in [5.41, 5.74) is 0. The summed E-state index contributed by atoms with van der Waals surface area (Å²) in [6.07, 6.45) is 0. The number of alkyl halides is 1. The molecule has 0 saturated carbocycles. The van der Waals surface area contributed by atoms with Crippen molar-refractivity contribution in [3.8, 4) is 0 Å². The molecule has 0 radical (unpaired) electrons. The molecule has 5 nitrogen and oxygen atoms in total. The van der Waals surface area contributed by atoms with Crippen LogP contribution in [0.15, 0.2) is 0 Å². The highest BCUT2D eigenvalue weighted by atomic mass is 35.5. The van der Waals surface area contributed by atoms with E-state index in [0.717, 1.165) is 0 Å². The fourth-order valence-electron chi connectivity index (χ4n) is 0.808. The molecule has 0 rings (SSSR count). The van der Waals surface area contributed by atoms with Crippen LogP contribution in [0.3, 0.4) is 0 Å². The van der Waals surface area contributed by atoms with Gasteiger partial charge in [0.1, 0.15) is 11.3 Å². The third kappa shape index (κ3) is 4.26. The highest BCUT2D eigenvalue weighted by Crippen LogP contribution is 2.05. The zero-order valence-electron chi connectivity index (χ0n) is 8.28. The molecule has 0 heterocycles. The van der Waals surface area contributed by atoms with Crippen LogP contribution in [0.2, 0.25) is 0 Å². The molecule has 0 bridgehead atoms. The molecule has 0 aromatic rings. The average Bonchev–Trinajstić information content (AvgIpc) is 2.13. The minimum Gasteiger partial charge on any atom is -0.468 e. The molecule has 0 amide bonds. The van der Waals surface area contributed by atoms with Gasteiger partial charge in [0.15, 0.2) is 0 Å². The Bertz CT molecular complexity index is 288. The van der Waals surface area contributed by atoms with E-state index < -0.39 is 27.2 Å². The summed E-state index contributed by atoms with van der Waals surface area (Å²) < 4.78 is 28.8. The maximum absolute atomic E-state index is 11.2. The summed E-state index contributed by atoms with van der Waals surface area (Å²) in [4.78, 5) is 11.2. The van der Waals surface area contributed by atoms with E-state index in [1.165, 1.54) is 7.11 Å². The van der Waals surface area contributed by atoms with Crippen LogP contribution < -0.4 is 4.72 Å². The summed E-state index contributed by atoms with van der Waals surface area (Å²) in [6.45, 7) is 3.41. The normalized spacial score (nSPS) is 14.1. The molecule has 7 heteroatoms. The van der Waals surface area contributed by atoms with Gasteiger partial charge < -0.3 is 4.74 Å². The Morgan fingerprint density at radius 3 is 2.29 bits per heavy atom. The van der Waals surface area contributed by atoms with E-state index in [1.54, 1.807) is 13.8 Å². The van der Waals surface area contributed by atoms with Crippen molar-refractivity contribution in [3.63, 3.8) is 0 Å². The van der Waals surface area contributed by atoms with Gasteiger partial charge in [0.2, 0.25) is 10.0 Å². The van der Waals surface area contributed by atoms with Crippen molar-refractivity contribution in [2.45, 2.75) is 19.9 Å². The number of methoxy groups -OCH3 is 1. The first-order valence-electron chi connectivity index (χ1n) is 3.98. The lowest BCUT2D eigenvalue weighted by Gasteiger charge is -2.18. The van der Waals surface area contributed by atoms with Crippen LogP contribution in [0.25, 0.3) is 0 Å². The van der Waals surface area contributed by atoms with Crippen LogP contribution in [0.1, 0.15) is 13.8 Å². The second kappa shape index (κ2) is 5.53. The molecule has 84 valence electrons. The van der Waals surface area contributed by atoms with Crippen molar-refractivity contribution < 1.29 is 17.9 Å². The Hall–Kier alpha value is -0.330. The quantitative estimate of drug-likeness (QED) is 0.557. The monoisotopic (exact) mass is 243 g/mol. The van der Waals surface area contributed by atoms with Gasteiger partial charge in [-0.05, 0) is 5.92 Å². The lowest BCUT2D eigenvalue weighted by molar-refractivity contribution is -0.143. The smallest absolute Gasteiger partial charge is 0.324 e. The van der Waals surface area contributed by atoms with Gasteiger partial charge in [0.05, 0.1) is 7.11 Å². The maximum atomic E-state index is 11.2. The molecule has 0 aromatic carbocycles. The summed E-state index contributed by atoms with van der Waals surface area (Å²) >= 11 is 5.19. The number of carbonyl (C=O) groups is 1. The molecule has 0 aliphatic heterocycles. The van der Waals surface area contributed by atoms with Gasteiger partial charge in [-0.25, -0.2) is 8.42 Å². The Morgan fingerprint density at radius 1 is 1.50 bits per heavy atom. The van der Waals surface area contributed by atoms with E-state index in [-0.39, 0.29) is 5.92 Å². The van der Waals surface area contributed by atoms with Gasteiger partial charge in [0.25, 0.3) is 0 Å². The summed E-state index contributed by atoms with van der Waals surface area (Å²) in [5, 5.41) is -0.576. The van der Waals surface area contributed by atoms with Gasteiger partial charge in [-0.1, -0.05) is 13.8 Å². The molecule has 0 aliphatic carbocycles. The second-order valence-electron chi connectivity index (χ2n) is 3.09. The standard InChI is InChI=1S/C7H14ClNO4S/c1-5(2)6(7(10)13-3)9-14(11,12)4-8/h5-6,9H,4H2,1-3H3.